The van der Waals surface area contributed by atoms with Crippen LogP contribution in [0.25, 0.3) is 0 Å². The van der Waals surface area contributed by atoms with Crippen molar-refractivity contribution < 1.29 is 14.3 Å². The lowest BCUT2D eigenvalue weighted by Gasteiger charge is -2.09. The molecule has 0 bridgehead atoms. The molecule has 20 heavy (non-hydrogen) atoms. The number of carbonyl (C=O) groups excluding carboxylic acids is 2. The molecule has 0 unspecified atom stereocenters. The average molecular weight is 275 g/mol. The van der Waals surface area contributed by atoms with Crippen LogP contribution in [0.1, 0.15) is 38.7 Å². The lowest BCUT2D eigenvalue weighted by molar-refractivity contribution is -0.148. The molecule has 1 N–H and O–H groups in total. The van der Waals surface area contributed by atoms with E-state index in [0.29, 0.717) is 11.8 Å². The van der Waals surface area contributed by atoms with Crippen LogP contribution in [-0.2, 0) is 14.3 Å². The summed E-state index contributed by atoms with van der Waals surface area (Å²) >= 11 is 0. The van der Waals surface area contributed by atoms with Gasteiger partial charge in [0.05, 0.1) is 5.92 Å². The highest BCUT2D eigenvalue weighted by Gasteiger charge is 2.40. The van der Waals surface area contributed by atoms with E-state index in [1.807, 2.05) is 31.2 Å². The third-order valence-electron chi connectivity index (χ3n) is 3.62. The fraction of sp³-hybridized carbons (Fsp3) is 0.500. The van der Waals surface area contributed by atoms with Crippen LogP contribution in [0.4, 0.5) is 5.69 Å². The van der Waals surface area contributed by atoms with Crippen LogP contribution in [0, 0.1) is 11.8 Å². The second-order valence-corrected chi connectivity index (χ2v) is 5.75. The van der Waals surface area contributed by atoms with Gasteiger partial charge in [0, 0.05) is 5.69 Å². The number of esters is 1. The van der Waals surface area contributed by atoms with Gasteiger partial charge in [0.15, 0.2) is 6.61 Å². The molecule has 1 fully saturated rings. The van der Waals surface area contributed by atoms with Crippen LogP contribution < -0.4 is 5.32 Å². The van der Waals surface area contributed by atoms with Gasteiger partial charge in [0.25, 0.3) is 5.91 Å². The summed E-state index contributed by atoms with van der Waals surface area (Å²) in [7, 11) is 0. The monoisotopic (exact) mass is 275 g/mol. The Morgan fingerprint density at radius 1 is 1.30 bits per heavy atom. The van der Waals surface area contributed by atoms with E-state index in [9.17, 15) is 9.59 Å². The normalized spacial score (nSPS) is 20.6. The molecule has 0 heterocycles. The van der Waals surface area contributed by atoms with Crippen molar-refractivity contribution >= 4 is 17.6 Å². The quantitative estimate of drug-likeness (QED) is 0.841. The second kappa shape index (κ2) is 6.07. The Kier molecular flexibility index (Phi) is 4.42. The molecule has 2 atom stereocenters. The standard InChI is InChI=1S/C16H21NO3/c1-10(2)12-4-6-13(7-5-12)17-15(18)9-20-16(19)14-8-11(14)3/h4-7,10-11,14H,8-9H2,1-3H3,(H,17,18)/t11-,14+/m1/s1. The Bertz CT molecular complexity index is 493. The molecule has 1 saturated carbocycles. The van der Waals surface area contributed by atoms with Crippen molar-refractivity contribution in [2.75, 3.05) is 11.9 Å². The lowest BCUT2D eigenvalue weighted by atomic mass is 10.0. The molecule has 108 valence electrons. The number of rotatable bonds is 5. The maximum absolute atomic E-state index is 11.7. The van der Waals surface area contributed by atoms with E-state index in [-0.39, 0.29) is 24.4 Å². The Morgan fingerprint density at radius 2 is 1.90 bits per heavy atom. The summed E-state index contributed by atoms with van der Waals surface area (Å²) in [5.41, 5.74) is 1.94. The van der Waals surface area contributed by atoms with Gasteiger partial charge in [-0.25, -0.2) is 0 Å². The number of nitrogens with one attached hydrogen (secondary N) is 1. The SMILES string of the molecule is CC(C)c1ccc(NC(=O)COC(=O)[C@H]2C[C@H]2C)cc1. The number of hydrogen-bond acceptors (Lipinski definition) is 3. The van der Waals surface area contributed by atoms with Crippen LogP contribution >= 0.6 is 0 Å². The molecule has 0 aromatic heterocycles. The Balaban J connectivity index is 1.77. The minimum Gasteiger partial charge on any atom is -0.455 e. The van der Waals surface area contributed by atoms with Crippen LogP contribution in [-0.4, -0.2) is 18.5 Å². The van der Waals surface area contributed by atoms with Gasteiger partial charge in [-0.3, -0.25) is 9.59 Å². The molecule has 1 aromatic rings. The van der Waals surface area contributed by atoms with Crippen molar-refractivity contribution in [2.24, 2.45) is 11.8 Å². The summed E-state index contributed by atoms with van der Waals surface area (Å²) in [5, 5.41) is 2.72. The Hall–Kier alpha value is -1.84. The number of hydrogen-bond donors (Lipinski definition) is 1. The molecule has 1 amide bonds. The van der Waals surface area contributed by atoms with Crippen molar-refractivity contribution in [3.05, 3.63) is 29.8 Å². The number of amides is 1. The van der Waals surface area contributed by atoms with Gasteiger partial charge in [-0.05, 0) is 36.0 Å². The third kappa shape index (κ3) is 3.83. The summed E-state index contributed by atoms with van der Waals surface area (Å²) in [5.74, 6) is 0.287. The predicted molar refractivity (Wildman–Crippen MR) is 77.4 cm³/mol. The zero-order valence-electron chi connectivity index (χ0n) is 12.2. The first-order valence-electron chi connectivity index (χ1n) is 7.04. The highest BCUT2D eigenvalue weighted by atomic mass is 16.5. The topological polar surface area (TPSA) is 55.4 Å². The molecule has 2 rings (SSSR count). The maximum Gasteiger partial charge on any atom is 0.309 e. The van der Waals surface area contributed by atoms with Crippen molar-refractivity contribution in [1.29, 1.82) is 0 Å². The van der Waals surface area contributed by atoms with Crippen molar-refractivity contribution in [3.8, 4) is 0 Å². The second-order valence-electron chi connectivity index (χ2n) is 5.75. The van der Waals surface area contributed by atoms with E-state index in [1.165, 1.54) is 5.56 Å². The van der Waals surface area contributed by atoms with Gasteiger partial charge in [0.1, 0.15) is 0 Å². The van der Waals surface area contributed by atoms with Gasteiger partial charge in [-0.15, -0.1) is 0 Å². The summed E-state index contributed by atoms with van der Waals surface area (Å²) in [6, 6.07) is 7.69. The molecule has 4 nitrogen and oxygen atoms in total. The van der Waals surface area contributed by atoms with Crippen LogP contribution in [0.15, 0.2) is 24.3 Å². The number of benzene rings is 1. The number of ether oxygens (including phenoxy) is 1. The highest BCUT2D eigenvalue weighted by Crippen LogP contribution is 2.38. The fourth-order valence-corrected chi connectivity index (χ4v) is 2.04. The minimum atomic E-state index is -0.302. The van der Waals surface area contributed by atoms with E-state index in [0.717, 1.165) is 12.1 Å². The zero-order valence-corrected chi connectivity index (χ0v) is 12.2. The van der Waals surface area contributed by atoms with Gasteiger partial charge >= 0.3 is 5.97 Å². The van der Waals surface area contributed by atoms with Crippen molar-refractivity contribution in [3.63, 3.8) is 0 Å². The molecular formula is C16H21NO3. The molecule has 0 spiro atoms. The van der Waals surface area contributed by atoms with Gasteiger partial charge in [0.2, 0.25) is 0 Å². The van der Waals surface area contributed by atoms with E-state index < -0.39 is 0 Å². The van der Waals surface area contributed by atoms with E-state index in [1.54, 1.807) is 0 Å². The van der Waals surface area contributed by atoms with Crippen molar-refractivity contribution in [2.45, 2.75) is 33.1 Å². The van der Waals surface area contributed by atoms with E-state index >= 15 is 0 Å². The molecule has 1 aliphatic carbocycles. The summed E-state index contributed by atoms with van der Waals surface area (Å²) in [6.45, 7) is 6.02. The lowest BCUT2D eigenvalue weighted by Crippen LogP contribution is -2.21. The molecule has 1 aliphatic rings. The average Bonchev–Trinajstić information content (AvgIpc) is 3.14. The maximum atomic E-state index is 11.7. The fourth-order valence-electron chi connectivity index (χ4n) is 2.04. The molecule has 0 saturated heterocycles. The number of anilines is 1. The molecule has 0 radical (unpaired) electrons. The molecule has 1 aromatic carbocycles. The molecule has 0 aliphatic heterocycles. The Labute approximate surface area is 119 Å². The largest absolute Gasteiger partial charge is 0.455 e. The summed E-state index contributed by atoms with van der Waals surface area (Å²) in [6.07, 6.45) is 0.872. The number of carbonyl (C=O) groups is 2. The van der Waals surface area contributed by atoms with Crippen LogP contribution in [0.5, 0.6) is 0 Å². The van der Waals surface area contributed by atoms with Crippen molar-refractivity contribution in [1.82, 2.24) is 0 Å². The van der Waals surface area contributed by atoms with Gasteiger partial charge in [-0.1, -0.05) is 32.9 Å². The summed E-state index contributed by atoms with van der Waals surface area (Å²) < 4.78 is 4.98. The zero-order chi connectivity index (χ0) is 14.7. The van der Waals surface area contributed by atoms with E-state index in [2.05, 4.69) is 19.2 Å². The smallest absolute Gasteiger partial charge is 0.309 e. The molecular weight excluding hydrogens is 254 g/mol. The summed E-state index contributed by atoms with van der Waals surface area (Å²) in [4.78, 5) is 23.2. The Morgan fingerprint density at radius 3 is 2.40 bits per heavy atom. The first-order valence-corrected chi connectivity index (χ1v) is 7.04. The highest BCUT2D eigenvalue weighted by molar-refractivity contribution is 5.93. The minimum absolute atomic E-state index is 0.00637. The predicted octanol–water partition coefficient (Wildman–Crippen LogP) is 2.95. The van der Waals surface area contributed by atoms with E-state index in [4.69, 9.17) is 4.74 Å². The third-order valence-corrected chi connectivity index (χ3v) is 3.62. The first-order chi connectivity index (χ1) is 9.47. The van der Waals surface area contributed by atoms with Gasteiger partial charge in [-0.2, -0.15) is 0 Å². The molecule has 4 heteroatoms. The van der Waals surface area contributed by atoms with Crippen LogP contribution in [0.2, 0.25) is 0 Å². The van der Waals surface area contributed by atoms with Crippen LogP contribution in [0.3, 0.4) is 0 Å². The first kappa shape index (κ1) is 14.6. The van der Waals surface area contributed by atoms with Gasteiger partial charge < -0.3 is 10.1 Å².